The van der Waals surface area contributed by atoms with E-state index in [4.69, 9.17) is 0 Å². The van der Waals surface area contributed by atoms with E-state index in [-0.39, 0.29) is 6.04 Å². The number of rotatable bonds is 3. The van der Waals surface area contributed by atoms with Crippen LogP contribution in [0.25, 0.3) is 0 Å². The molecule has 1 unspecified atom stereocenters. The number of aryl methyl sites for hydroxylation is 1. The first-order chi connectivity index (χ1) is 8.11. The van der Waals surface area contributed by atoms with Crippen LogP contribution in [0.5, 0.6) is 0 Å². The summed E-state index contributed by atoms with van der Waals surface area (Å²) < 4.78 is 26.9. The third kappa shape index (κ3) is 2.53. The molecule has 1 aromatic carbocycles. The Labute approximate surface area is 103 Å². The standard InChI is InChI=1S/C13H13F2NS/c1-8-3-6-12(17-8)13(16-2)10-7-9(14)4-5-11(10)15/h3-7,13,16H,1-2H3. The molecule has 2 aromatic rings. The van der Waals surface area contributed by atoms with Gasteiger partial charge in [-0.15, -0.1) is 11.3 Å². The van der Waals surface area contributed by atoms with Gasteiger partial charge in [-0.2, -0.15) is 0 Å². The molecule has 0 fully saturated rings. The maximum absolute atomic E-state index is 13.7. The number of thiophene rings is 1. The van der Waals surface area contributed by atoms with Gasteiger partial charge in [-0.05, 0) is 44.3 Å². The molecule has 1 N–H and O–H groups in total. The van der Waals surface area contributed by atoms with E-state index in [1.807, 2.05) is 19.1 Å². The van der Waals surface area contributed by atoms with E-state index >= 15 is 0 Å². The van der Waals surface area contributed by atoms with Crippen LogP contribution in [-0.4, -0.2) is 7.05 Å². The summed E-state index contributed by atoms with van der Waals surface area (Å²) in [5, 5.41) is 3.02. The zero-order valence-corrected chi connectivity index (χ0v) is 10.4. The minimum Gasteiger partial charge on any atom is -0.309 e. The first-order valence-corrected chi connectivity index (χ1v) is 6.12. The van der Waals surface area contributed by atoms with Crippen LogP contribution in [0.2, 0.25) is 0 Å². The van der Waals surface area contributed by atoms with Crippen LogP contribution in [-0.2, 0) is 0 Å². The lowest BCUT2D eigenvalue weighted by molar-refractivity contribution is 0.560. The predicted octanol–water partition coefficient (Wildman–Crippen LogP) is 3.64. The molecule has 2 rings (SSSR count). The highest BCUT2D eigenvalue weighted by Gasteiger charge is 2.18. The van der Waals surface area contributed by atoms with Crippen molar-refractivity contribution in [2.24, 2.45) is 0 Å². The summed E-state index contributed by atoms with van der Waals surface area (Å²) in [4.78, 5) is 2.13. The van der Waals surface area contributed by atoms with E-state index in [0.717, 1.165) is 21.9 Å². The lowest BCUT2D eigenvalue weighted by Gasteiger charge is -2.15. The molecule has 0 spiro atoms. The Hall–Kier alpha value is -1.26. The maximum Gasteiger partial charge on any atom is 0.128 e. The molecule has 0 radical (unpaired) electrons. The molecule has 0 amide bonds. The summed E-state index contributed by atoms with van der Waals surface area (Å²) in [6, 6.07) is 7.14. The summed E-state index contributed by atoms with van der Waals surface area (Å²) in [6.07, 6.45) is 0. The molecular weight excluding hydrogens is 240 g/mol. The number of halogens is 2. The van der Waals surface area contributed by atoms with Gasteiger partial charge < -0.3 is 5.32 Å². The number of hydrogen-bond donors (Lipinski definition) is 1. The van der Waals surface area contributed by atoms with Crippen LogP contribution >= 0.6 is 11.3 Å². The van der Waals surface area contributed by atoms with Crippen LogP contribution < -0.4 is 5.32 Å². The van der Waals surface area contributed by atoms with Crippen LogP contribution in [0.3, 0.4) is 0 Å². The van der Waals surface area contributed by atoms with Crippen molar-refractivity contribution >= 4 is 11.3 Å². The fraction of sp³-hybridized carbons (Fsp3) is 0.231. The first kappa shape index (κ1) is 12.2. The zero-order chi connectivity index (χ0) is 12.4. The molecule has 17 heavy (non-hydrogen) atoms. The second-order valence-electron chi connectivity index (χ2n) is 3.84. The van der Waals surface area contributed by atoms with E-state index in [9.17, 15) is 8.78 Å². The summed E-state index contributed by atoms with van der Waals surface area (Å²) in [5.41, 5.74) is 0.342. The van der Waals surface area contributed by atoms with Crippen molar-refractivity contribution in [3.05, 3.63) is 57.3 Å². The van der Waals surface area contributed by atoms with E-state index in [1.54, 1.807) is 18.4 Å². The minimum absolute atomic E-state index is 0.301. The van der Waals surface area contributed by atoms with Crippen molar-refractivity contribution in [3.63, 3.8) is 0 Å². The molecule has 1 aromatic heterocycles. The van der Waals surface area contributed by atoms with Crippen molar-refractivity contribution in [2.45, 2.75) is 13.0 Å². The fourth-order valence-electron chi connectivity index (χ4n) is 1.80. The maximum atomic E-state index is 13.7. The van der Waals surface area contributed by atoms with E-state index in [2.05, 4.69) is 5.32 Å². The fourth-order valence-corrected chi connectivity index (χ4v) is 2.80. The number of benzene rings is 1. The molecule has 1 heterocycles. The van der Waals surface area contributed by atoms with Gasteiger partial charge in [0, 0.05) is 15.3 Å². The van der Waals surface area contributed by atoms with E-state index in [1.165, 1.54) is 6.07 Å². The van der Waals surface area contributed by atoms with Gasteiger partial charge >= 0.3 is 0 Å². The predicted molar refractivity (Wildman–Crippen MR) is 66.3 cm³/mol. The summed E-state index contributed by atoms with van der Waals surface area (Å²) in [5.74, 6) is -0.813. The Morgan fingerprint density at radius 2 is 1.94 bits per heavy atom. The van der Waals surface area contributed by atoms with Gasteiger partial charge in [0.25, 0.3) is 0 Å². The Balaban J connectivity index is 2.45. The van der Waals surface area contributed by atoms with Crippen molar-refractivity contribution in [2.75, 3.05) is 7.05 Å². The van der Waals surface area contributed by atoms with Crippen LogP contribution in [0.4, 0.5) is 8.78 Å². The minimum atomic E-state index is -0.421. The molecule has 0 aliphatic carbocycles. The molecule has 0 saturated heterocycles. The number of hydrogen-bond acceptors (Lipinski definition) is 2. The molecular formula is C13H13F2NS. The monoisotopic (exact) mass is 253 g/mol. The van der Waals surface area contributed by atoms with Crippen LogP contribution in [0.15, 0.2) is 30.3 Å². The zero-order valence-electron chi connectivity index (χ0n) is 9.63. The largest absolute Gasteiger partial charge is 0.309 e. The number of nitrogens with one attached hydrogen (secondary N) is 1. The summed E-state index contributed by atoms with van der Waals surface area (Å²) >= 11 is 1.58. The second-order valence-corrected chi connectivity index (χ2v) is 5.16. The average Bonchev–Trinajstić information content (AvgIpc) is 2.71. The molecule has 1 nitrogen and oxygen atoms in total. The lowest BCUT2D eigenvalue weighted by atomic mass is 10.0. The Kier molecular flexibility index (Phi) is 3.54. The SMILES string of the molecule is CNC(c1ccc(C)s1)c1cc(F)ccc1F. The Morgan fingerprint density at radius 3 is 2.53 bits per heavy atom. The molecule has 1 atom stereocenters. The first-order valence-electron chi connectivity index (χ1n) is 5.30. The topological polar surface area (TPSA) is 12.0 Å². The normalized spacial score (nSPS) is 12.7. The van der Waals surface area contributed by atoms with E-state index < -0.39 is 11.6 Å². The van der Waals surface area contributed by atoms with E-state index in [0.29, 0.717) is 5.56 Å². The van der Waals surface area contributed by atoms with Crippen LogP contribution in [0, 0.1) is 18.6 Å². The highest BCUT2D eigenvalue weighted by molar-refractivity contribution is 7.12. The second kappa shape index (κ2) is 4.94. The third-order valence-corrected chi connectivity index (χ3v) is 3.67. The summed E-state index contributed by atoms with van der Waals surface area (Å²) in [6.45, 7) is 1.99. The van der Waals surface area contributed by atoms with Gasteiger partial charge in [0.2, 0.25) is 0 Å². The lowest BCUT2D eigenvalue weighted by Crippen LogP contribution is -2.18. The molecule has 0 aliphatic rings. The Bertz CT molecular complexity index is 522. The molecule has 90 valence electrons. The Morgan fingerprint density at radius 1 is 1.18 bits per heavy atom. The van der Waals surface area contributed by atoms with Gasteiger partial charge in [-0.25, -0.2) is 8.78 Å². The molecule has 0 bridgehead atoms. The molecule has 0 aliphatic heterocycles. The van der Waals surface area contributed by atoms with Gasteiger partial charge in [-0.3, -0.25) is 0 Å². The third-order valence-electron chi connectivity index (χ3n) is 2.60. The van der Waals surface area contributed by atoms with Gasteiger partial charge in [-0.1, -0.05) is 0 Å². The highest BCUT2D eigenvalue weighted by atomic mass is 32.1. The average molecular weight is 253 g/mol. The van der Waals surface area contributed by atoms with Crippen molar-refractivity contribution < 1.29 is 8.78 Å². The van der Waals surface area contributed by atoms with Crippen molar-refractivity contribution in [3.8, 4) is 0 Å². The molecule has 0 saturated carbocycles. The van der Waals surface area contributed by atoms with Crippen LogP contribution in [0.1, 0.15) is 21.4 Å². The van der Waals surface area contributed by atoms with Crippen molar-refractivity contribution in [1.29, 1.82) is 0 Å². The molecule has 4 heteroatoms. The highest BCUT2D eigenvalue weighted by Crippen LogP contribution is 2.29. The smallest absolute Gasteiger partial charge is 0.128 e. The van der Waals surface area contributed by atoms with Crippen molar-refractivity contribution in [1.82, 2.24) is 5.32 Å². The van der Waals surface area contributed by atoms with Gasteiger partial charge in [0.1, 0.15) is 11.6 Å². The quantitative estimate of drug-likeness (QED) is 0.880. The summed E-state index contributed by atoms with van der Waals surface area (Å²) in [7, 11) is 1.74. The van der Waals surface area contributed by atoms with Gasteiger partial charge in [0.05, 0.1) is 6.04 Å². The van der Waals surface area contributed by atoms with Gasteiger partial charge in [0.15, 0.2) is 0 Å².